The minimum absolute atomic E-state index is 0.0487. The molecule has 0 spiro atoms. The summed E-state index contributed by atoms with van der Waals surface area (Å²) < 4.78 is 0. The number of pyridine rings is 1. The largest absolute Gasteiger partial charge is 0.304 e. The number of rotatable bonds is 3. The fourth-order valence-corrected chi connectivity index (χ4v) is 3.43. The molecule has 0 amide bonds. The Labute approximate surface area is 145 Å². The first-order valence-corrected chi connectivity index (χ1v) is 8.19. The SMILES string of the molecule is N#CCN(c1ccc2nccnc2c1)c1nc(=O)c2cccnc2s1. The van der Waals surface area contributed by atoms with Crippen LogP contribution in [0.25, 0.3) is 21.3 Å². The lowest BCUT2D eigenvalue weighted by molar-refractivity contribution is 1.07. The van der Waals surface area contributed by atoms with Gasteiger partial charge in [0.15, 0.2) is 5.13 Å². The van der Waals surface area contributed by atoms with Gasteiger partial charge in [-0.15, -0.1) is 0 Å². The van der Waals surface area contributed by atoms with Crippen molar-refractivity contribution in [3.63, 3.8) is 0 Å². The van der Waals surface area contributed by atoms with Gasteiger partial charge >= 0.3 is 0 Å². The summed E-state index contributed by atoms with van der Waals surface area (Å²) in [6.45, 7) is 0.0487. The van der Waals surface area contributed by atoms with Crippen LogP contribution in [0.3, 0.4) is 0 Å². The van der Waals surface area contributed by atoms with Crippen molar-refractivity contribution in [3.8, 4) is 6.07 Å². The molecule has 0 unspecified atom stereocenters. The molecule has 3 aromatic heterocycles. The maximum Gasteiger partial charge on any atom is 0.282 e. The predicted molar refractivity (Wildman–Crippen MR) is 95.8 cm³/mol. The fraction of sp³-hybridized carbons (Fsp3) is 0.0588. The summed E-state index contributed by atoms with van der Waals surface area (Å²) in [5.74, 6) is 0. The zero-order chi connectivity index (χ0) is 17.2. The van der Waals surface area contributed by atoms with E-state index in [0.717, 1.165) is 5.52 Å². The molecule has 0 radical (unpaired) electrons. The van der Waals surface area contributed by atoms with Gasteiger partial charge in [-0.05, 0) is 30.3 Å². The lowest BCUT2D eigenvalue weighted by atomic mass is 10.2. The number of hydrogen-bond acceptors (Lipinski definition) is 8. The highest BCUT2D eigenvalue weighted by Gasteiger charge is 2.15. The molecule has 0 aliphatic rings. The Kier molecular flexibility index (Phi) is 3.76. The van der Waals surface area contributed by atoms with Crippen LogP contribution in [0.2, 0.25) is 0 Å². The molecule has 25 heavy (non-hydrogen) atoms. The minimum atomic E-state index is -0.361. The van der Waals surface area contributed by atoms with Gasteiger partial charge in [0.05, 0.1) is 22.5 Å². The summed E-state index contributed by atoms with van der Waals surface area (Å²) in [7, 11) is 0. The Morgan fingerprint density at radius 2 is 1.92 bits per heavy atom. The number of hydrogen-bond donors (Lipinski definition) is 0. The van der Waals surface area contributed by atoms with Crippen LogP contribution in [0.15, 0.2) is 53.7 Å². The number of benzene rings is 1. The van der Waals surface area contributed by atoms with Crippen LogP contribution < -0.4 is 10.5 Å². The number of anilines is 2. The van der Waals surface area contributed by atoms with Crippen LogP contribution in [0, 0.1) is 11.3 Å². The molecular formula is C17H10N6OS. The number of fused-ring (bicyclic) bond motifs is 2. The van der Waals surface area contributed by atoms with Crippen LogP contribution >= 0.6 is 11.3 Å². The molecule has 3 heterocycles. The van der Waals surface area contributed by atoms with E-state index in [0.29, 0.717) is 26.6 Å². The number of nitriles is 1. The molecule has 0 aliphatic carbocycles. The van der Waals surface area contributed by atoms with E-state index in [9.17, 15) is 10.1 Å². The molecule has 4 rings (SSSR count). The summed E-state index contributed by atoms with van der Waals surface area (Å²) in [4.78, 5) is 31.4. The molecule has 4 aromatic rings. The monoisotopic (exact) mass is 346 g/mol. The van der Waals surface area contributed by atoms with E-state index in [4.69, 9.17) is 0 Å². The standard InChI is InChI=1S/C17H10N6OS/c18-5-9-23(11-3-4-13-14(10-11)20-8-7-19-13)17-22-15(24)12-2-1-6-21-16(12)25-17/h1-4,6-8,10H,9H2. The van der Waals surface area contributed by atoms with Crippen LogP contribution in [0.5, 0.6) is 0 Å². The van der Waals surface area contributed by atoms with Crippen LogP contribution in [0.1, 0.15) is 0 Å². The van der Waals surface area contributed by atoms with Crippen molar-refractivity contribution in [1.29, 1.82) is 5.26 Å². The van der Waals surface area contributed by atoms with Crippen molar-refractivity contribution in [3.05, 3.63) is 59.3 Å². The molecule has 0 atom stereocenters. The number of aromatic nitrogens is 4. The van der Waals surface area contributed by atoms with Crippen molar-refractivity contribution in [2.45, 2.75) is 0 Å². The topological polar surface area (TPSA) is 95.7 Å². The Morgan fingerprint density at radius 3 is 2.76 bits per heavy atom. The molecule has 0 bridgehead atoms. The molecule has 120 valence electrons. The van der Waals surface area contributed by atoms with Crippen molar-refractivity contribution >= 4 is 43.4 Å². The molecule has 1 aromatic carbocycles. The van der Waals surface area contributed by atoms with Gasteiger partial charge in [-0.3, -0.25) is 14.8 Å². The Morgan fingerprint density at radius 1 is 1.08 bits per heavy atom. The van der Waals surface area contributed by atoms with Gasteiger partial charge in [-0.25, -0.2) is 4.98 Å². The van der Waals surface area contributed by atoms with E-state index < -0.39 is 0 Å². The Bertz CT molecular complexity index is 1180. The molecule has 0 aliphatic heterocycles. The highest BCUT2D eigenvalue weighted by atomic mass is 32.1. The van der Waals surface area contributed by atoms with Crippen LogP contribution in [0.4, 0.5) is 10.8 Å². The zero-order valence-corrected chi connectivity index (χ0v) is 13.6. The quantitative estimate of drug-likeness (QED) is 0.526. The van der Waals surface area contributed by atoms with Crippen molar-refractivity contribution in [2.75, 3.05) is 11.4 Å². The maximum absolute atomic E-state index is 12.3. The fourth-order valence-electron chi connectivity index (χ4n) is 2.47. The van der Waals surface area contributed by atoms with E-state index in [1.165, 1.54) is 11.3 Å². The third-order valence-corrected chi connectivity index (χ3v) is 4.62. The van der Waals surface area contributed by atoms with E-state index in [1.54, 1.807) is 35.6 Å². The first kappa shape index (κ1) is 15.1. The molecule has 0 saturated heterocycles. The first-order chi connectivity index (χ1) is 12.3. The van der Waals surface area contributed by atoms with Crippen LogP contribution in [-0.2, 0) is 0 Å². The molecule has 0 fully saturated rings. The van der Waals surface area contributed by atoms with E-state index >= 15 is 0 Å². The number of nitrogens with zero attached hydrogens (tertiary/aromatic N) is 6. The normalized spacial score (nSPS) is 10.7. The smallest absolute Gasteiger partial charge is 0.282 e. The van der Waals surface area contributed by atoms with Gasteiger partial charge in [0.2, 0.25) is 0 Å². The third-order valence-electron chi connectivity index (χ3n) is 3.61. The highest BCUT2D eigenvalue weighted by molar-refractivity contribution is 7.21. The lowest BCUT2D eigenvalue weighted by Crippen LogP contribution is -2.20. The molecular weight excluding hydrogens is 336 g/mol. The van der Waals surface area contributed by atoms with E-state index in [-0.39, 0.29) is 12.1 Å². The van der Waals surface area contributed by atoms with Gasteiger partial charge in [0, 0.05) is 24.3 Å². The first-order valence-electron chi connectivity index (χ1n) is 7.37. The maximum atomic E-state index is 12.3. The third kappa shape index (κ3) is 2.77. The van der Waals surface area contributed by atoms with Gasteiger partial charge in [-0.1, -0.05) is 11.3 Å². The second kappa shape index (κ2) is 6.22. The molecule has 0 saturated carbocycles. The molecule has 0 N–H and O–H groups in total. The zero-order valence-electron chi connectivity index (χ0n) is 12.8. The summed E-state index contributed by atoms with van der Waals surface area (Å²) in [5.41, 5.74) is 1.81. The summed E-state index contributed by atoms with van der Waals surface area (Å²) in [5, 5.41) is 10.1. The summed E-state index contributed by atoms with van der Waals surface area (Å²) in [6, 6.07) is 11.0. The molecule has 7 nitrogen and oxygen atoms in total. The lowest BCUT2D eigenvalue weighted by Gasteiger charge is -2.20. The van der Waals surface area contributed by atoms with Gasteiger partial charge < -0.3 is 4.90 Å². The Balaban J connectivity index is 1.88. The van der Waals surface area contributed by atoms with Crippen molar-refractivity contribution in [1.82, 2.24) is 19.9 Å². The summed E-state index contributed by atoms with van der Waals surface area (Å²) >= 11 is 1.27. The second-order valence-corrected chi connectivity index (χ2v) is 6.09. The summed E-state index contributed by atoms with van der Waals surface area (Å²) in [6.07, 6.45) is 4.86. The molecule has 8 heteroatoms. The average Bonchev–Trinajstić information content (AvgIpc) is 2.66. The van der Waals surface area contributed by atoms with Gasteiger partial charge in [0.1, 0.15) is 11.4 Å². The van der Waals surface area contributed by atoms with E-state index in [1.807, 2.05) is 18.2 Å². The minimum Gasteiger partial charge on any atom is -0.304 e. The highest BCUT2D eigenvalue weighted by Crippen LogP contribution is 2.30. The average molecular weight is 346 g/mol. The Hall–Kier alpha value is -3.44. The van der Waals surface area contributed by atoms with Crippen molar-refractivity contribution < 1.29 is 0 Å². The van der Waals surface area contributed by atoms with Crippen LogP contribution in [-0.4, -0.2) is 26.5 Å². The van der Waals surface area contributed by atoms with E-state index in [2.05, 4.69) is 26.0 Å². The predicted octanol–water partition coefficient (Wildman–Crippen LogP) is 2.66. The van der Waals surface area contributed by atoms with Gasteiger partial charge in [0.25, 0.3) is 5.56 Å². The van der Waals surface area contributed by atoms with Gasteiger partial charge in [-0.2, -0.15) is 10.2 Å². The van der Waals surface area contributed by atoms with Crippen molar-refractivity contribution in [2.24, 2.45) is 0 Å². The second-order valence-electron chi connectivity index (χ2n) is 5.13.